The maximum atomic E-state index is 13.4. The number of alkyl halides is 2. The predicted octanol–water partition coefficient (Wildman–Crippen LogP) is 1.88. The van der Waals surface area contributed by atoms with Crippen molar-refractivity contribution in [3.8, 4) is 0 Å². The summed E-state index contributed by atoms with van der Waals surface area (Å²) in [5.74, 6) is 0. The van der Waals surface area contributed by atoms with Gasteiger partial charge in [0.2, 0.25) is 0 Å². The molecule has 0 aliphatic carbocycles. The lowest BCUT2D eigenvalue weighted by molar-refractivity contribution is -0.0982. The second kappa shape index (κ2) is 6.04. The summed E-state index contributed by atoms with van der Waals surface area (Å²) in [4.78, 5) is 15.5. The molecule has 0 bridgehead atoms. The Labute approximate surface area is 124 Å². The number of amides is 1. The molecule has 0 spiro atoms. The van der Waals surface area contributed by atoms with Crippen molar-refractivity contribution >= 4 is 6.09 Å². The topological polar surface area (TPSA) is 44.8 Å². The highest BCUT2D eigenvalue weighted by molar-refractivity contribution is 5.68. The SMILES string of the molecule is CC(C)(C)OC(=O)N1CCC(N2CCNC(F)(F)C2)CC1. The van der Waals surface area contributed by atoms with E-state index in [1.165, 1.54) is 0 Å². The van der Waals surface area contributed by atoms with Crippen LogP contribution in [0.3, 0.4) is 0 Å². The molecule has 0 aromatic carbocycles. The fourth-order valence-electron chi connectivity index (χ4n) is 2.82. The van der Waals surface area contributed by atoms with Gasteiger partial charge in [-0.25, -0.2) is 4.79 Å². The highest BCUT2D eigenvalue weighted by Gasteiger charge is 2.38. The average molecular weight is 305 g/mol. The minimum Gasteiger partial charge on any atom is -0.444 e. The van der Waals surface area contributed by atoms with Gasteiger partial charge in [-0.3, -0.25) is 10.2 Å². The van der Waals surface area contributed by atoms with Gasteiger partial charge in [0.25, 0.3) is 0 Å². The summed E-state index contributed by atoms with van der Waals surface area (Å²) in [6.45, 7) is 7.32. The van der Waals surface area contributed by atoms with Gasteiger partial charge < -0.3 is 9.64 Å². The Balaban J connectivity index is 1.82. The molecule has 0 aromatic heterocycles. The van der Waals surface area contributed by atoms with E-state index in [1.54, 1.807) is 4.90 Å². The van der Waals surface area contributed by atoms with Crippen LogP contribution in [0.4, 0.5) is 13.6 Å². The van der Waals surface area contributed by atoms with Crippen molar-refractivity contribution in [2.45, 2.75) is 51.3 Å². The van der Waals surface area contributed by atoms with Crippen LogP contribution in [-0.2, 0) is 4.74 Å². The Morgan fingerprint density at radius 1 is 1.24 bits per heavy atom. The number of likely N-dealkylation sites (tertiary alicyclic amines) is 1. The van der Waals surface area contributed by atoms with Gasteiger partial charge in [0.15, 0.2) is 0 Å². The highest BCUT2D eigenvalue weighted by Crippen LogP contribution is 2.23. The van der Waals surface area contributed by atoms with Crippen LogP contribution < -0.4 is 5.32 Å². The summed E-state index contributed by atoms with van der Waals surface area (Å²) >= 11 is 0. The van der Waals surface area contributed by atoms with Crippen LogP contribution in [0, 0.1) is 0 Å². The standard InChI is InChI=1S/C14H25F2N3O2/c1-13(2,3)21-12(20)18-7-4-11(5-8-18)19-9-6-17-14(15,16)10-19/h11,17H,4-10H2,1-3H3. The third-order valence-electron chi connectivity index (χ3n) is 3.82. The van der Waals surface area contributed by atoms with E-state index < -0.39 is 11.6 Å². The lowest BCUT2D eigenvalue weighted by Gasteiger charge is -2.42. The van der Waals surface area contributed by atoms with Gasteiger partial charge in [0.1, 0.15) is 5.60 Å². The molecule has 21 heavy (non-hydrogen) atoms. The number of carbonyl (C=O) groups excluding carboxylic acids is 1. The van der Waals surface area contributed by atoms with E-state index in [0.29, 0.717) is 26.2 Å². The molecule has 2 heterocycles. The van der Waals surface area contributed by atoms with Gasteiger partial charge in [-0.05, 0) is 33.6 Å². The fourth-order valence-corrected chi connectivity index (χ4v) is 2.82. The monoisotopic (exact) mass is 305 g/mol. The van der Waals surface area contributed by atoms with Crippen LogP contribution in [0.5, 0.6) is 0 Å². The molecule has 2 saturated heterocycles. The molecule has 1 amide bonds. The van der Waals surface area contributed by atoms with E-state index >= 15 is 0 Å². The van der Waals surface area contributed by atoms with Crippen LogP contribution in [0.15, 0.2) is 0 Å². The van der Waals surface area contributed by atoms with Crippen molar-refractivity contribution in [1.82, 2.24) is 15.1 Å². The Morgan fingerprint density at radius 2 is 1.86 bits per heavy atom. The quantitative estimate of drug-likeness (QED) is 0.751. The summed E-state index contributed by atoms with van der Waals surface area (Å²) < 4.78 is 32.1. The van der Waals surface area contributed by atoms with Crippen molar-refractivity contribution in [1.29, 1.82) is 0 Å². The average Bonchev–Trinajstić information content (AvgIpc) is 2.36. The summed E-state index contributed by atoms with van der Waals surface area (Å²) in [5, 5.41) is 2.22. The van der Waals surface area contributed by atoms with E-state index in [4.69, 9.17) is 4.74 Å². The van der Waals surface area contributed by atoms with Crippen LogP contribution in [0.25, 0.3) is 0 Å². The van der Waals surface area contributed by atoms with Gasteiger partial charge in [-0.15, -0.1) is 0 Å². The maximum Gasteiger partial charge on any atom is 0.410 e. The van der Waals surface area contributed by atoms with Crippen LogP contribution in [-0.4, -0.2) is 66.3 Å². The number of rotatable bonds is 1. The molecule has 2 aliphatic rings. The number of hydrogen-bond donors (Lipinski definition) is 1. The smallest absolute Gasteiger partial charge is 0.410 e. The number of carbonyl (C=O) groups is 1. The zero-order valence-electron chi connectivity index (χ0n) is 13.0. The fraction of sp³-hybridized carbons (Fsp3) is 0.929. The third kappa shape index (κ3) is 4.78. The molecule has 2 aliphatic heterocycles. The van der Waals surface area contributed by atoms with Crippen molar-refractivity contribution in [2.24, 2.45) is 0 Å². The first kappa shape index (κ1) is 16.4. The van der Waals surface area contributed by atoms with Gasteiger partial charge >= 0.3 is 12.1 Å². The van der Waals surface area contributed by atoms with Crippen LogP contribution >= 0.6 is 0 Å². The van der Waals surface area contributed by atoms with Gasteiger partial charge in [-0.2, -0.15) is 8.78 Å². The number of piperazine rings is 1. The Kier molecular flexibility index (Phi) is 4.72. The number of ether oxygens (including phenoxy) is 1. The summed E-state index contributed by atoms with van der Waals surface area (Å²) in [6.07, 6.45) is 1.12. The summed E-state index contributed by atoms with van der Waals surface area (Å²) in [5.41, 5.74) is -0.505. The first-order valence-electron chi connectivity index (χ1n) is 7.51. The maximum absolute atomic E-state index is 13.4. The normalized spacial score (nSPS) is 24.9. The molecule has 0 saturated carbocycles. The minimum atomic E-state index is -2.81. The lowest BCUT2D eigenvalue weighted by atomic mass is 10.0. The molecule has 7 heteroatoms. The van der Waals surface area contributed by atoms with Gasteiger partial charge in [0, 0.05) is 32.2 Å². The Bertz CT molecular complexity index is 377. The van der Waals surface area contributed by atoms with Crippen molar-refractivity contribution in [2.75, 3.05) is 32.7 Å². The van der Waals surface area contributed by atoms with Crippen molar-refractivity contribution in [3.63, 3.8) is 0 Å². The zero-order valence-corrected chi connectivity index (χ0v) is 13.0. The molecule has 0 atom stereocenters. The molecular formula is C14H25F2N3O2. The molecule has 0 unspecified atom stereocenters. The molecule has 1 N–H and O–H groups in total. The lowest BCUT2D eigenvalue weighted by Crippen LogP contribution is -2.59. The van der Waals surface area contributed by atoms with Crippen LogP contribution in [0.1, 0.15) is 33.6 Å². The third-order valence-corrected chi connectivity index (χ3v) is 3.82. The molecule has 2 fully saturated rings. The summed E-state index contributed by atoms with van der Waals surface area (Å²) in [6, 6.07) is -2.68. The molecule has 0 radical (unpaired) electrons. The van der Waals surface area contributed by atoms with E-state index in [0.717, 1.165) is 12.8 Å². The molecular weight excluding hydrogens is 280 g/mol. The Morgan fingerprint density at radius 3 is 2.38 bits per heavy atom. The number of nitrogens with zero attached hydrogens (tertiary/aromatic N) is 2. The van der Waals surface area contributed by atoms with Gasteiger partial charge in [-0.1, -0.05) is 0 Å². The molecule has 5 nitrogen and oxygen atoms in total. The highest BCUT2D eigenvalue weighted by atomic mass is 19.3. The zero-order chi connectivity index (χ0) is 15.7. The first-order valence-corrected chi connectivity index (χ1v) is 7.51. The van der Waals surface area contributed by atoms with E-state index in [-0.39, 0.29) is 18.7 Å². The van der Waals surface area contributed by atoms with Gasteiger partial charge in [0.05, 0.1) is 6.54 Å². The largest absolute Gasteiger partial charge is 0.444 e. The van der Waals surface area contributed by atoms with E-state index in [9.17, 15) is 13.6 Å². The van der Waals surface area contributed by atoms with E-state index in [1.807, 2.05) is 25.7 Å². The van der Waals surface area contributed by atoms with E-state index in [2.05, 4.69) is 5.32 Å². The Hall–Kier alpha value is -0.950. The molecule has 122 valence electrons. The number of nitrogens with one attached hydrogen (secondary N) is 1. The second-order valence-electron chi connectivity index (χ2n) is 6.80. The minimum absolute atomic E-state index is 0.122. The summed E-state index contributed by atoms with van der Waals surface area (Å²) in [7, 11) is 0. The number of hydrogen-bond acceptors (Lipinski definition) is 4. The molecule has 0 aromatic rings. The van der Waals surface area contributed by atoms with Crippen LogP contribution in [0.2, 0.25) is 0 Å². The second-order valence-corrected chi connectivity index (χ2v) is 6.80. The molecule has 2 rings (SSSR count). The van der Waals surface area contributed by atoms with Crippen molar-refractivity contribution in [3.05, 3.63) is 0 Å². The predicted molar refractivity (Wildman–Crippen MR) is 75.4 cm³/mol. The van der Waals surface area contributed by atoms with Crippen molar-refractivity contribution < 1.29 is 18.3 Å². The number of piperidine rings is 1. The number of halogens is 2. The first-order chi connectivity index (χ1) is 9.66.